The monoisotopic (exact) mass is 321 g/mol. The molecule has 0 aliphatic heterocycles. The lowest BCUT2D eigenvalue weighted by atomic mass is 10.2. The van der Waals surface area contributed by atoms with Crippen molar-refractivity contribution in [2.45, 2.75) is 6.42 Å². The van der Waals surface area contributed by atoms with Gasteiger partial charge < -0.3 is 5.32 Å². The molecule has 0 heterocycles. The smallest absolute Gasteiger partial charge is 0.252 e. The number of carbonyl (C=O) groups excluding carboxylic acids is 1. The summed E-state index contributed by atoms with van der Waals surface area (Å²) < 4.78 is 24.0. The van der Waals surface area contributed by atoms with Crippen LogP contribution in [0.15, 0.2) is 22.7 Å². The maximum absolute atomic E-state index is 12.8. The van der Waals surface area contributed by atoms with Gasteiger partial charge in [-0.2, -0.15) is 0 Å². The van der Waals surface area contributed by atoms with Crippen LogP contribution in [0.2, 0.25) is 0 Å². The van der Waals surface area contributed by atoms with Gasteiger partial charge in [0.05, 0.1) is 5.56 Å². The van der Waals surface area contributed by atoms with Gasteiger partial charge in [-0.05, 0) is 40.5 Å². The van der Waals surface area contributed by atoms with E-state index in [-0.39, 0.29) is 5.91 Å². The third kappa shape index (κ3) is 4.95. The number of benzene rings is 1. The predicted molar refractivity (Wildman–Crippen MR) is 70.0 cm³/mol. The molecule has 1 rings (SSSR count). The summed E-state index contributed by atoms with van der Waals surface area (Å²) in [6, 6.07) is 3.91. The highest BCUT2D eigenvalue weighted by atomic mass is 79.9. The molecule has 1 N–H and O–H groups in total. The first kappa shape index (κ1) is 14.3. The fourth-order valence-electron chi connectivity index (χ4n) is 1.25. The predicted octanol–water partition coefficient (Wildman–Crippen LogP) is 2.09. The second-order valence-electron chi connectivity index (χ2n) is 3.51. The lowest BCUT2D eigenvalue weighted by Crippen LogP contribution is -2.25. The topological polar surface area (TPSA) is 46.2 Å². The molecular weight excluding hydrogens is 309 g/mol. The highest BCUT2D eigenvalue weighted by Gasteiger charge is 2.09. The van der Waals surface area contributed by atoms with Crippen molar-refractivity contribution in [2.24, 2.45) is 0 Å². The van der Waals surface area contributed by atoms with E-state index in [2.05, 4.69) is 21.2 Å². The Morgan fingerprint density at radius 3 is 2.82 bits per heavy atom. The van der Waals surface area contributed by atoms with Crippen LogP contribution in [0.3, 0.4) is 0 Å². The molecule has 1 aromatic carbocycles. The first-order chi connectivity index (χ1) is 8.00. The highest BCUT2D eigenvalue weighted by Crippen LogP contribution is 2.17. The quantitative estimate of drug-likeness (QED) is 0.844. The minimum Gasteiger partial charge on any atom is -0.352 e. The van der Waals surface area contributed by atoms with Gasteiger partial charge >= 0.3 is 0 Å². The van der Waals surface area contributed by atoms with Gasteiger partial charge in [0.1, 0.15) is 5.82 Å². The van der Waals surface area contributed by atoms with Crippen molar-refractivity contribution in [3.05, 3.63) is 34.1 Å². The minimum atomic E-state index is -0.842. The van der Waals surface area contributed by atoms with Gasteiger partial charge in [-0.1, -0.05) is 0 Å². The van der Waals surface area contributed by atoms with Crippen molar-refractivity contribution in [3.8, 4) is 0 Å². The molecule has 0 aromatic heterocycles. The second-order valence-corrected chi connectivity index (χ2v) is 5.92. The summed E-state index contributed by atoms with van der Waals surface area (Å²) >= 11 is 3.13. The second kappa shape index (κ2) is 6.86. The molecule has 3 nitrogen and oxygen atoms in total. The number of amides is 1. The first-order valence-electron chi connectivity index (χ1n) is 5.04. The summed E-state index contributed by atoms with van der Waals surface area (Å²) in [5.41, 5.74) is 0.393. The molecule has 0 fully saturated rings. The average Bonchev–Trinajstić information content (AvgIpc) is 2.23. The Kier molecular flexibility index (Phi) is 5.77. The minimum absolute atomic E-state index is 0.265. The van der Waals surface area contributed by atoms with E-state index in [1.54, 1.807) is 6.26 Å². The summed E-state index contributed by atoms with van der Waals surface area (Å²) in [6.45, 7) is 0.461. The third-order valence-electron chi connectivity index (χ3n) is 2.07. The number of rotatable bonds is 5. The van der Waals surface area contributed by atoms with E-state index >= 15 is 0 Å². The lowest BCUT2D eigenvalue weighted by molar-refractivity contribution is 0.0953. The zero-order valence-corrected chi connectivity index (χ0v) is 11.7. The molecule has 0 bridgehead atoms. The zero-order valence-electron chi connectivity index (χ0n) is 9.33. The zero-order chi connectivity index (χ0) is 12.8. The van der Waals surface area contributed by atoms with Crippen molar-refractivity contribution in [1.82, 2.24) is 5.32 Å². The summed E-state index contributed by atoms with van der Waals surface area (Å²) in [4.78, 5) is 11.7. The van der Waals surface area contributed by atoms with Crippen molar-refractivity contribution in [3.63, 3.8) is 0 Å². The Hall–Kier alpha value is -0.750. The first-order valence-corrected chi connectivity index (χ1v) is 7.56. The molecule has 0 aliphatic rings. The normalized spacial score (nSPS) is 12.2. The largest absolute Gasteiger partial charge is 0.352 e. The van der Waals surface area contributed by atoms with Crippen molar-refractivity contribution in [1.29, 1.82) is 0 Å². The van der Waals surface area contributed by atoms with Gasteiger partial charge in [-0.25, -0.2) is 4.39 Å². The van der Waals surface area contributed by atoms with Crippen LogP contribution in [0.25, 0.3) is 0 Å². The number of hydrogen-bond donors (Lipinski definition) is 1. The van der Waals surface area contributed by atoms with E-state index < -0.39 is 16.6 Å². The number of hydrogen-bond acceptors (Lipinski definition) is 2. The van der Waals surface area contributed by atoms with Crippen molar-refractivity contribution >= 4 is 32.6 Å². The molecule has 0 aliphatic carbocycles. The molecule has 94 valence electrons. The van der Waals surface area contributed by atoms with Crippen LogP contribution in [0, 0.1) is 5.82 Å². The molecule has 6 heteroatoms. The Labute approximate surface area is 110 Å². The summed E-state index contributed by atoms with van der Waals surface area (Å²) in [7, 11) is -0.842. The van der Waals surface area contributed by atoms with Gasteiger partial charge in [0, 0.05) is 33.8 Å². The number of halogens is 2. The Morgan fingerprint density at radius 1 is 1.53 bits per heavy atom. The molecule has 1 unspecified atom stereocenters. The van der Waals surface area contributed by atoms with Crippen LogP contribution in [-0.2, 0) is 10.8 Å². The summed E-state index contributed by atoms with van der Waals surface area (Å²) in [5.74, 6) is -0.0984. The van der Waals surface area contributed by atoms with Crippen LogP contribution in [0.5, 0.6) is 0 Å². The molecule has 1 aromatic rings. The molecule has 0 radical (unpaired) electrons. The third-order valence-corrected chi connectivity index (χ3v) is 3.59. The van der Waals surface area contributed by atoms with Crippen molar-refractivity contribution in [2.75, 3.05) is 18.6 Å². The van der Waals surface area contributed by atoms with Gasteiger partial charge in [-0.15, -0.1) is 0 Å². The molecule has 17 heavy (non-hydrogen) atoms. The van der Waals surface area contributed by atoms with E-state index in [0.29, 0.717) is 28.8 Å². The van der Waals surface area contributed by atoms with Gasteiger partial charge in [0.25, 0.3) is 5.91 Å². The van der Waals surface area contributed by atoms with Gasteiger partial charge in [-0.3, -0.25) is 9.00 Å². The number of carbonyl (C=O) groups is 1. The van der Waals surface area contributed by atoms with E-state index in [1.165, 1.54) is 18.2 Å². The Bertz CT molecular complexity index is 439. The van der Waals surface area contributed by atoms with Gasteiger partial charge in [0.15, 0.2) is 0 Å². The van der Waals surface area contributed by atoms with Crippen LogP contribution >= 0.6 is 15.9 Å². The van der Waals surface area contributed by atoms with Crippen LogP contribution in [-0.4, -0.2) is 28.7 Å². The summed E-state index contributed by atoms with van der Waals surface area (Å²) in [5, 5.41) is 2.69. The summed E-state index contributed by atoms with van der Waals surface area (Å²) in [6.07, 6.45) is 2.28. The van der Waals surface area contributed by atoms with E-state index in [4.69, 9.17) is 0 Å². The average molecular weight is 322 g/mol. The lowest BCUT2D eigenvalue weighted by Gasteiger charge is -2.06. The SMILES string of the molecule is CS(=O)CCCNC(=O)c1ccc(F)cc1Br. The fourth-order valence-corrected chi connectivity index (χ4v) is 2.33. The van der Waals surface area contributed by atoms with Gasteiger partial charge in [0.2, 0.25) is 0 Å². The maximum atomic E-state index is 12.8. The molecular formula is C11H13BrFNO2S. The maximum Gasteiger partial charge on any atom is 0.252 e. The van der Waals surface area contributed by atoms with Crippen molar-refractivity contribution < 1.29 is 13.4 Å². The van der Waals surface area contributed by atoms with E-state index in [1.807, 2.05) is 0 Å². The highest BCUT2D eigenvalue weighted by molar-refractivity contribution is 9.10. The van der Waals surface area contributed by atoms with Crippen LogP contribution in [0.1, 0.15) is 16.8 Å². The Morgan fingerprint density at radius 2 is 2.24 bits per heavy atom. The number of nitrogens with one attached hydrogen (secondary N) is 1. The molecule has 1 atom stereocenters. The standard InChI is InChI=1S/C11H13BrFNO2S/c1-17(16)6-2-5-14-11(15)9-4-3-8(13)7-10(9)12/h3-4,7H,2,5-6H2,1H3,(H,14,15). The van der Waals surface area contributed by atoms with Crippen LogP contribution in [0.4, 0.5) is 4.39 Å². The van der Waals surface area contributed by atoms with E-state index in [9.17, 15) is 13.4 Å². The molecule has 0 saturated heterocycles. The fraction of sp³-hybridized carbons (Fsp3) is 0.364. The molecule has 0 spiro atoms. The Balaban J connectivity index is 2.50. The van der Waals surface area contributed by atoms with Crippen LogP contribution < -0.4 is 5.32 Å². The molecule has 1 amide bonds. The van der Waals surface area contributed by atoms with E-state index in [0.717, 1.165) is 0 Å². The molecule has 0 saturated carbocycles.